The zero-order chi connectivity index (χ0) is 13.3. The first-order chi connectivity index (χ1) is 8.50. The third-order valence-corrected chi connectivity index (χ3v) is 4.20. The Labute approximate surface area is 110 Å². The molecule has 1 aliphatic heterocycles. The summed E-state index contributed by atoms with van der Waals surface area (Å²) in [6, 6.07) is 1.16. The summed E-state index contributed by atoms with van der Waals surface area (Å²) in [5.74, 6) is 0. The lowest BCUT2D eigenvalue weighted by Crippen LogP contribution is -2.49. The van der Waals surface area contributed by atoms with E-state index in [4.69, 9.17) is 5.73 Å². The lowest BCUT2D eigenvalue weighted by atomic mass is 9.93. The molecule has 1 aliphatic rings. The van der Waals surface area contributed by atoms with Crippen LogP contribution in [0.25, 0.3) is 0 Å². The average molecular weight is 250 g/mol. The zero-order valence-electron chi connectivity index (χ0n) is 12.1. The van der Waals surface area contributed by atoms with E-state index in [2.05, 4.69) is 37.0 Å². The number of rotatable bonds is 3. The van der Waals surface area contributed by atoms with E-state index in [0.717, 1.165) is 12.2 Å². The van der Waals surface area contributed by atoms with Crippen molar-refractivity contribution in [3.05, 3.63) is 17.5 Å². The maximum atomic E-state index is 6.15. The second kappa shape index (κ2) is 5.41. The average Bonchev–Trinajstić information content (AvgIpc) is 2.67. The molecule has 2 rings (SSSR count). The highest BCUT2D eigenvalue weighted by molar-refractivity contribution is 5.20. The molecule has 102 valence electrons. The summed E-state index contributed by atoms with van der Waals surface area (Å²) in [5.41, 5.74) is 8.63. The third kappa shape index (κ3) is 2.59. The van der Waals surface area contributed by atoms with Crippen LogP contribution in [0.4, 0.5) is 0 Å². The Hall–Kier alpha value is -0.870. The summed E-state index contributed by atoms with van der Waals surface area (Å²) in [5, 5.41) is 4.46. The number of nitrogens with two attached hydrogens (primary N) is 1. The molecule has 1 fully saturated rings. The first kappa shape index (κ1) is 13.6. The second-order valence-corrected chi connectivity index (χ2v) is 5.68. The Balaban J connectivity index is 2.20. The molecular weight excluding hydrogens is 224 g/mol. The molecule has 0 saturated carbocycles. The quantitative estimate of drug-likeness (QED) is 0.892. The molecule has 2 N–H and O–H groups in total. The molecule has 0 spiro atoms. The summed E-state index contributed by atoms with van der Waals surface area (Å²) in [6.45, 7) is 7.66. The molecule has 4 nitrogen and oxygen atoms in total. The molecule has 3 atom stereocenters. The lowest BCUT2D eigenvalue weighted by Gasteiger charge is -2.41. The molecule has 3 unspecified atom stereocenters. The van der Waals surface area contributed by atoms with Gasteiger partial charge in [-0.2, -0.15) is 5.10 Å². The summed E-state index contributed by atoms with van der Waals surface area (Å²) < 4.78 is 1.91. The van der Waals surface area contributed by atoms with Crippen molar-refractivity contribution in [2.75, 3.05) is 6.54 Å². The van der Waals surface area contributed by atoms with Crippen LogP contribution in [-0.2, 0) is 7.05 Å². The summed E-state index contributed by atoms with van der Waals surface area (Å²) in [4.78, 5) is 2.57. The van der Waals surface area contributed by atoms with Crippen LogP contribution in [0.1, 0.15) is 50.4 Å². The molecule has 4 heteroatoms. The molecule has 0 amide bonds. The molecule has 18 heavy (non-hydrogen) atoms. The van der Waals surface area contributed by atoms with Crippen LogP contribution in [0, 0.1) is 6.92 Å². The van der Waals surface area contributed by atoms with Gasteiger partial charge in [0.25, 0.3) is 0 Å². The summed E-state index contributed by atoms with van der Waals surface area (Å²) in [7, 11) is 1.99. The van der Waals surface area contributed by atoms with Crippen LogP contribution in [0.15, 0.2) is 6.20 Å². The zero-order valence-corrected chi connectivity index (χ0v) is 12.1. The van der Waals surface area contributed by atoms with E-state index < -0.39 is 0 Å². The van der Waals surface area contributed by atoms with Crippen molar-refractivity contribution in [1.29, 1.82) is 0 Å². The molecule has 0 radical (unpaired) electrons. The molecule has 0 aliphatic carbocycles. The van der Waals surface area contributed by atoms with Crippen LogP contribution >= 0.6 is 0 Å². The normalized spacial score (nSPS) is 25.1. The van der Waals surface area contributed by atoms with Crippen molar-refractivity contribution in [2.45, 2.75) is 58.2 Å². The molecule has 1 aromatic heterocycles. The van der Waals surface area contributed by atoms with E-state index in [1.807, 2.05) is 11.7 Å². The fourth-order valence-corrected chi connectivity index (χ4v) is 3.23. The van der Waals surface area contributed by atoms with Gasteiger partial charge in [-0.15, -0.1) is 0 Å². The SMILES string of the molecule is Cc1nn(C)cc1C(C)N1CCCCC1C(C)N. The van der Waals surface area contributed by atoms with Crippen molar-refractivity contribution < 1.29 is 0 Å². The molecule has 2 heterocycles. The Kier molecular flexibility index (Phi) is 4.07. The number of likely N-dealkylation sites (tertiary alicyclic amines) is 1. The van der Waals surface area contributed by atoms with Crippen molar-refractivity contribution >= 4 is 0 Å². The second-order valence-electron chi connectivity index (χ2n) is 5.68. The number of piperidine rings is 1. The van der Waals surface area contributed by atoms with Crippen LogP contribution < -0.4 is 5.73 Å². The number of hydrogen-bond donors (Lipinski definition) is 1. The highest BCUT2D eigenvalue weighted by Crippen LogP contribution is 2.30. The van der Waals surface area contributed by atoms with E-state index in [0.29, 0.717) is 12.1 Å². The standard InChI is InChI=1S/C14H26N4/c1-10(15)14-7-5-6-8-18(14)12(3)13-9-17(4)16-11(13)2/h9-10,12,14H,5-8,15H2,1-4H3. The summed E-state index contributed by atoms with van der Waals surface area (Å²) >= 11 is 0. The van der Waals surface area contributed by atoms with Crippen LogP contribution in [-0.4, -0.2) is 33.3 Å². The maximum Gasteiger partial charge on any atom is 0.0641 e. The molecule has 1 aromatic rings. The number of hydrogen-bond acceptors (Lipinski definition) is 3. The highest BCUT2D eigenvalue weighted by atomic mass is 15.3. The minimum atomic E-state index is 0.240. The first-order valence-corrected chi connectivity index (χ1v) is 7.02. The first-order valence-electron chi connectivity index (χ1n) is 7.02. The minimum Gasteiger partial charge on any atom is -0.327 e. The van der Waals surface area contributed by atoms with Gasteiger partial charge in [0.2, 0.25) is 0 Å². The van der Waals surface area contributed by atoms with Gasteiger partial charge in [0.05, 0.1) is 5.69 Å². The topological polar surface area (TPSA) is 47.1 Å². The highest BCUT2D eigenvalue weighted by Gasteiger charge is 2.30. The minimum absolute atomic E-state index is 0.240. The van der Waals surface area contributed by atoms with E-state index in [9.17, 15) is 0 Å². The van der Waals surface area contributed by atoms with Gasteiger partial charge in [0.1, 0.15) is 0 Å². The van der Waals surface area contributed by atoms with Crippen molar-refractivity contribution in [2.24, 2.45) is 12.8 Å². The Morgan fingerprint density at radius 1 is 1.39 bits per heavy atom. The van der Waals surface area contributed by atoms with E-state index >= 15 is 0 Å². The van der Waals surface area contributed by atoms with E-state index in [1.165, 1.54) is 24.8 Å². The van der Waals surface area contributed by atoms with Crippen molar-refractivity contribution in [1.82, 2.24) is 14.7 Å². The Morgan fingerprint density at radius 3 is 2.67 bits per heavy atom. The number of aryl methyl sites for hydroxylation is 2. The van der Waals surface area contributed by atoms with Gasteiger partial charge in [0.15, 0.2) is 0 Å². The van der Waals surface area contributed by atoms with Crippen molar-refractivity contribution in [3.8, 4) is 0 Å². The largest absolute Gasteiger partial charge is 0.327 e. The third-order valence-electron chi connectivity index (χ3n) is 4.20. The van der Waals surface area contributed by atoms with Gasteiger partial charge >= 0.3 is 0 Å². The monoisotopic (exact) mass is 250 g/mol. The Morgan fingerprint density at radius 2 is 2.11 bits per heavy atom. The predicted molar refractivity (Wildman–Crippen MR) is 74.4 cm³/mol. The van der Waals surface area contributed by atoms with Gasteiger partial charge in [-0.3, -0.25) is 9.58 Å². The smallest absolute Gasteiger partial charge is 0.0641 e. The Bertz CT molecular complexity index is 396. The van der Waals surface area contributed by atoms with Gasteiger partial charge in [-0.1, -0.05) is 6.42 Å². The van der Waals surface area contributed by atoms with Crippen LogP contribution in [0.5, 0.6) is 0 Å². The lowest BCUT2D eigenvalue weighted by molar-refractivity contribution is 0.0887. The molecular formula is C14H26N4. The summed E-state index contributed by atoms with van der Waals surface area (Å²) in [6.07, 6.45) is 5.96. The molecule has 0 aromatic carbocycles. The fraction of sp³-hybridized carbons (Fsp3) is 0.786. The van der Waals surface area contributed by atoms with Gasteiger partial charge < -0.3 is 5.73 Å². The fourth-order valence-electron chi connectivity index (χ4n) is 3.23. The van der Waals surface area contributed by atoms with E-state index in [-0.39, 0.29) is 6.04 Å². The van der Waals surface area contributed by atoms with Gasteiger partial charge in [-0.25, -0.2) is 0 Å². The van der Waals surface area contributed by atoms with E-state index in [1.54, 1.807) is 0 Å². The predicted octanol–water partition coefficient (Wildman–Crippen LogP) is 1.99. The van der Waals surface area contributed by atoms with Crippen LogP contribution in [0.2, 0.25) is 0 Å². The van der Waals surface area contributed by atoms with Gasteiger partial charge in [-0.05, 0) is 40.2 Å². The van der Waals surface area contributed by atoms with Gasteiger partial charge in [0, 0.05) is 36.9 Å². The molecule has 0 bridgehead atoms. The maximum absolute atomic E-state index is 6.15. The molecule has 1 saturated heterocycles. The number of nitrogens with zero attached hydrogens (tertiary/aromatic N) is 3. The van der Waals surface area contributed by atoms with Crippen molar-refractivity contribution in [3.63, 3.8) is 0 Å². The number of aromatic nitrogens is 2. The van der Waals surface area contributed by atoms with Crippen LogP contribution in [0.3, 0.4) is 0 Å².